The number of hydrogen-bond donors (Lipinski definition) is 3. The van der Waals surface area contributed by atoms with Crippen LogP contribution >= 0.6 is 0 Å². The van der Waals surface area contributed by atoms with Crippen LogP contribution in [0.15, 0.2) is 0 Å². The molecule has 0 spiro atoms. The van der Waals surface area contributed by atoms with Crippen molar-refractivity contribution in [3.63, 3.8) is 0 Å². The molecule has 1 fully saturated rings. The highest BCUT2D eigenvalue weighted by atomic mass is 16.6. The highest BCUT2D eigenvalue weighted by molar-refractivity contribution is 5.67. The van der Waals surface area contributed by atoms with E-state index in [1.165, 1.54) is 0 Å². The highest BCUT2D eigenvalue weighted by Gasteiger charge is 2.18. The first-order valence-corrected chi connectivity index (χ1v) is 7.25. The standard InChI is InChI=1S/C14H28N2O3/c1-14(2,3)19-13(18)16-10-4-9-15-11-5-7-12(17)8-6-11/h11-12,15,17H,4-10H2,1-3H3,(H,16,18). The Labute approximate surface area is 116 Å². The van der Waals surface area contributed by atoms with Gasteiger partial charge in [0.25, 0.3) is 0 Å². The maximum atomic E-state index is 11.4. The number of nitrogens with one attached hydrogen (secondary N) is 2. The van der Waals surface area contributed by atoms with Crippen molar-refractivity contribution in [2.75, 3.05) is 13.1 Å². The Hall–Kier alpha value is -0.810. The van der Waals surface area contributed by atoms with Crippen molar-refractivity contribution in [3.05, 3.63) is 0 Å². The second kappa shape index (κ2) is 7.70. The maximum Gasteiger partial charge on any atom is 0.407 e. The van der Waals surface area contributed by atoms with Crippen LogP contribution in [0.1, 0.15) is 52.9 Å². The van der Waals surface area contributed by atoms with Crippen LogP contribution in [0.2, 0.25) is 0 Å². The predicted octanol–water partition coefficient (Wildman–Crippen LogP) is 1.79. The van der Waals surface area contributed by atoms with Gasteiger partial charge in [-0.15, -0.1) is 0 Å². The van der Waals surface area contributed by atoms with E-state index in [2.05, 4.69) is 10.6 Å². The molecule has 0 bridgehead atoms. The lowest BCUT2D eigenvalue weighted by molar-refractivity contribution is 0.0527. The second-order valence-corrected chi connectivity index (χ2v) is 6.24. The summed E-state index contributed by atoms with van der Waals surface area (Å²) < 4.78 is 5.15. The normalized spacial score (nSPS) is 24.0. The smallest absolute Gasteiger partial charge is 0.407 e. The molecule has 1 saturated carbocycles. The van der Waals surface area contributed by atoms with E-state index >= 15 is 0 Å². The Morgan fingerprint density at radius 2 is 1.84 bits per heavy atom. The Kier molecular flexibility index (Phi) is 6.58. The van der Waals surface area contributed by atoms with E-state index in [9.17, 15) is 9.90 Å². The summed E-state index contributed by atoms with van der Waals surface area (Å²) in [7, 11) is 0. The molecule has 0 unspecified atom stereocenters. The van der Waals surface area contributed by atoms with Gasteiger partial charge in [-0.25, -0.2) is 4.79 Å². The summed E-state index contributed by atoms with van der Waals surface area (Å²) in [5, 5.41) is 15.6. The molecule has 0 aromatic heterocycles. The minimum atomic E-state index is -0.439. The van der Waals surface area contributed by atoms with Crippen molar-refractivity contribution >= 4 is 6.09 Å². The Morgan fingerprint density at radius 3 is 2.42 bits per heavy atom. The van der Waals surface area contributed by atoms with Gasteiger partial charge in [0.05, 0.1) is 6.10 Å². The summed E-state index contributed by atoms with van der Waals surface area (Å²) in [5.41, 5.74) is -0.439. The van der Waals surface area contributed by atoms with Crippen LogP contribution in [-0.2, 0) is 4.74 Å². The van der Waals surface area contributed by atoms with Crippen molar-refractivity contribution in [2.45, 2.75) is 70.6 Å². The molecule has 1 rings (SSSR count). The number of amides is 1. The number of carbonyl (C=O) groups is 1. The largest absolute Gasteiger partial charge is 0.444 e. The van der Waals surface area contributed by atoms with Crippen LogP contribution < -0.4 is 10.6 Å². The Bertz CT molecular complexity index is 268. The molecule has 3 N–H and O–H groups in total. The second-order valence-electron chi connectivity index (χ2n) is 6.24. The van der Waals surface area contributed by atoms with E-state index in [1.807, 2.05) is 20.8 Å². The van der Waals surface area contributed by atoms with Crippen molar-refractivity contribution in [3.8, 4) is 0 Å². The number of carbonyl (C=O) groups excluding carboxylic acids is 1. The van der Waals surface area contributed by atoms with Gasteiger partial charge in [-0.3, -0.25) is 0 Å². The van der Waals surface area contributed by atoms with Crippen molar-refractivity contribution in [2.24, 2.45) is 0 Å². The third-order valence-corrected chi connectivity index (χ3v) is 3.15. The van der Waals surface area contributed by atoms with Gasteiger partial charge >= 0.3 is 6.09 Å². The van der Waals surface area contributed by atoms with E-state index in [0.29, 0.717) is 12.6 Å². The molecular weight excluding hydrogens is 244 g/mol. The van der Waals surface area contributed by atoms with Gasteiger partial charge in [0, 0.05) is 12.6 Å². The Morgan fingerprint density at radius 1 is 1.21 bits per heavy atom. The number of aliphatic hydroxyl groups is 1. The summed E-state index contributed by atoms with van der Waals surface area (Å²) in [5.74, 6) is 0. The minimum absolute atomic E-state index is 0.105. The summed E-state index contributed by atoms with van der Waals surface area (Å²) in [6, 6.07) is 0.518. The first-order chi connectivity index (χ1) is 8.87. The maximum absolute atomic E-state index is 11.4. The molecule has 5 nitrogen and oxygen atoms in total. The van der Waals surface area contributed by atoms with Gasteiger partial charge in [-0.05, 0) is 59.4 Å². The third kappa shape index (κ3) is 8.06. The van der Waals surface area contributed by atoms with E-state index in [4.69, 9.17) is 4.74 Å². The molecule has 0 aromatic carbocycles. The highest BCUT2D eigenvalue weighted by Crippen LogP contribution is 2.17. The van der Waals surface area contributed by atoms with Crippen LogP contribution in [0.25, 0.3) is 0 Å². The predicted molar refractivity (Wildman–Crippen MR) is 75.1 cm³/mol. The van der Waals surface area contributed by atoms with Crippen LogP contribution in [0.3, 0.4) is 0 Å². The molecule has 112 valence electrons. The van der Waals surface area contributed by atoms with Crippen LogP contribution in [-0.4, -0.2) is 42.0 Å². The number of alkyl carbamates (subject to hydrolysis) is 1. The van der Waals surface area contributed by atoms with Gasteiger partial charge < -0.3 is 20.5 Å². The summed E-state index contributed by atoms with van der Waals surface area (Å²) in [4.78, 5) is 11.4. The number of rotatable bonds is 5. The molecule has 1 aliphatic carbocycles. The van der Waals surface area contributed by atoms with Gasteiger partial charge in [0.1, 0.15) is 5.60 Å². The molecule has 0 radical (unpaired) electrons. The van der Waals surface area contributed by atoms with E-state index in [0.717, 1.165) is 38.6 Å². The van der Waals surface area contributed by atoms with E-state index in [-0.39, 0.29) is 12.2 Å². The molecule has 0 saturated heterocycles. The van der Waals surface area contributed by atoms with Gasteiger partial charge in [-0.1, -0.05) is 0 Å². The topological polar surface area (TPSA) is 70.6 Å². The molecule has 0 aliphatic heterocycles. The van der Waals surface area contributed by atoms with Gasteiger partial charge in [0.2, 0.25) is 0 Å². The molecule has 0 heterocycles. The first kappa shape index (κ1) is 16.2. The van der Waals surface area contributed by atoms with Crippen molar-refractivity contribution < 1.29 is 14.6 Å². The molecule has 5 heteroatoms. The summed E-state index contributed by atoms with van der Waals surface area (Å²) in [6.45, 7) is 7.07. The van der Waals surface area contributed by atoms with Gasteiger partial charge in [0.15, 0.2) is 0 Å². The number of ether oxygens (including phenoxy) is 1. The zero-order valence-electron chi connectivity index (χ0n) is 12.4. The summed E-state index contributed by atoms with van der Waals surface area (Å²) >= 11 is 0. The molecular formula is C14H28N2O3. The van der Waals surface area contributed by atoms with Crippen LogP contribution in [0.5, 0.6) is 0 Å². The van der Waals surface area contributed by atoms with Crippen molar-refractivity contribution in [1.29, 1.82) is 0 Å². The van der Waals surface area contributed by atoms with E-state index in [1.54, 1.807) is 0 Å². The monoisotopic (exact) mass is 272 g/mol. The molecule has 0 atom stereocenters. The number of hydrogen-bond acceptors (Lipinski definition) is 4. The van der Waals surface area contributed by atoms with Crippen LogP contribution in [0.4, 0.5) is 4.79 Å². The fourth-order valence-corrected chi connectivity index (χ4v) is 2.18. The lowest BCUT2D eigenvalue weighted by atomic mass is 9.93. The minimum Gasteiger partial charge on any atom is -0.444 e. The van der Waals surface area contributed by atoms with Crippen molar-refractivity contribution in [1.82, 2.24) is 10.6 Å². The molecule has 19 heavy (non-hydrogen) atoms. The Balaban J connectivity index is 1.98. The average molecular weight is 272 g/mol. The number of aliphatic hydroxyl groups excluding tert-OH is 1. The fourth-order valence-electron chi connectivity index (χ4n) is 2.18. The lowest BCUT2D eigenvalue weighted by Crippen LogP contribution is -2.37. The lowest BCUT2D eigenvalue weighted by Gasteiger charge is -2.26. The first-order valence-electron chi connectivity index (χ1n) is 7.25. The molecule has 0 aromatic rings. The molecule has 1 amide bonds. The zero-order chi connectivity index (χ0) is 14.3. The average Bonchev–Trinajstić information content (AvgIpc) is 2.29. The zero-order valence-corrected chi connectivity index (χ0v) is 12.4. The SMILES string of the molecule is CC(C)(C)OC(=O)NCCCNC1CCC(O)CC1. The molecule has 1 aliphatic rings. The third-order valence-electron chi connectivity index (χ3n) is 3.15. The fraction of sp³-hybridized carbons (Fsp3) is 0.929. The summed E-state index contributed by atoms with van der Waals surface area (Å²) in [6.07, 6.45) is 4.31. The van der Waals surface area contributed by atoms with Gasteiger partial charge in [-0.2, -0.15) is 0 Å². The van der Waals surface area contributed by atoms with E-state index < -0.39 is 5.60 Å². The van der Waals surface area contributed by atoms with Crippen LogP contribution in [0, 0.1) is 0 Å². The quantitative estimate of drug-likeness (QED) is 0.667.